The summed E-state index contributed by atoms with van der Waals surface area (Å²) in [7, 11) is 2.62. The van der Waals surface area contributed by atoms with Crippen LogP contribution in [0.4, 0.5) is 36.4 Å². The molecule has 1 N–H and O–H groups in total. The van der Waals surface area contributed by atoms with Crippen molar-refractivity contribution in [3.8, 4) is 11.1 Å². The van der Waals surface area contributed by atoms with Crippen LogP contribution in [0.2, 0.25) is 5.02 Å². The Kier molecular flexibility index (Phi) is 9.76. The maximum absolute atomic E-state index is 15.4. The first-order chi connectivity index (χ1) is 22.9. The molecule has 1 aliphatic heterocycles. The zero-order valence-corrected chi connectivity index (χ0v) is 26.9. The summed E-state index contributed by atoms with van der Waals surface area (Å²) in [6.07, 6.45) is -6.87. The van der Waals surface area contributed by atoms with Gasteiger partial charge in [-0.05, 0) is 37.3 Å². The number of pyridine rings is 2. The number of aromatic nitrogens is 3. The van der Waals surface area contributed by atoms with E-state index in [0.717, 1.165) is 27.7 Å². The third kappa shape index (κ3) is 6.97. The van der Waals surface area contributed by atoms with Crippen LogP contribution in [0.15, 0.2) is 59.9 Å². The number of nitrogens with zero attached hydrogens (tertiary/aromatic N) is 4. The highest BCUT2D eigenvalue weighted by Crippen LogP contribution is 2.38. The molecule has 0 aliphatic carbocycles. The average Bonchev–Trinajstić information content (AvgIpc) is 3.53. The van der Waals surface area contributed by atoms with Gasteiger partial charge in [0.1, 0.15) is 23.3 Å². The molecule has 3 aromatic heterocycles. The monoisotopic (exact) mass is 715 g/mol. The highest BCUT2D eigenvalue weighted by Gasteiger charge is 2.46. The Balaban J connectivity index is 1.48. The molecule has 9 nitrogen and oxygen atoms in total. The van der Waals surface area contributed by atoms with E-state index in [-0.39, 0.29) is 47.9 Å². The van der Waals surface area contributed by atoms with Gasteiger partial charge in [0.05, 0.1) is 48.1 Å². The molecule has 4 heterocycles. The van der Waals surface area contributed by atoms with Gasteiger partial charge in [-0.3, -0.25) is 9.59 Å². The Bertz CT molecular complexity index is 1970. The van der Waals surface area contributed by atoms with E-state index >= 15 is 4.39 Å². The molecule has 17 heteroatoms. The van der Waals surface area contributed by atoms with E-state index in [1.165, 1.54) is 50.0 Å². The first kappa shape index (κ1) is 35.7. The zero-order valence-electron chi connectivity index (χ0n) is 26.2. The summed E-state index contributed by atoms with van der Waals surface area (Å²) in [5, 5.41) is 2.11. The number of methoxy groups -OCH3 is 1. The van der Waals surface area contributed by atoms with E-state index in [4.69, 9.17) is 21.1 Å². The number of aryl methyl sites for hydroxylation is 1. The molecule has 1 aliphatic rings. The molecule has 0 unspecified atom stereocenters. The van der Waals surface area contributed by atoms with Crippen LogP contribution in [-0.4, -0.2) is 65.0 Å². The molecule has 1 fully saturated rings. The fourth-order valence-electron chi connectivity index (χ4n) is 5.69. The number of fused-ring (bicyclic) bond motifs is 1. The van der Waals surface area contributed by atoms with Crippen molar-refractivity contribution in [1.29, 1.82) is 0 Å². The van der Waals surface area contributed by atoms with Gasteiger partial charge in [-0.1, -0.05) is 18.2 Å². The Morgan fingerprint density at radius 3 is 2.55 bits per heavy atom. The van der Waals surface area contributed by atoms with E-state index in [0.29, 0.717) is 5.69 Å². The molecule has 0 spiro atoms. The minimum atomic E-state index is -4.85. The zero-order chi connectivity index (χ0) is 36.0. The summed E-state index contributed by atoms with van der Waals surface area (Å²) in [6.45, 7) is 4.27. The van der Waals surface area contributed by atoms with Gasteiger partial charge in [0.2, 0.25) is 0 Å². The normalized spacial score (nSPS) is 16.1. The summed E-state index contributed by atoms with van der Waals surface area (Å²) in [4.78, 5) is 31.6. The van der Waals surface area contributed by atoms with E-state index in [9.17, 15) is 35.9 Å². The number of rotatable bonds is 8. The summed E-state index contributed by atoms with van der Waals surface area (Å²) in [6, 6.07) is 2.34. The maximum Gasteiger partial charge on any atom is 0.417 e. The molecule has 0 radical (unpaired) electrons. The number of hydrogen-bond acceptors (Lipinski definition) is 6. The van der Waals surface area contributed by atoms with Crippen LogP contribution in [0.25, 0.3) is 16.8 Å². The maximum atomic E-state index is 15.4. The van der Waals surface area contributed by atoms with Gasteiger partial charge in [-0.2, -0.15) is 26.3 Å². The highest BCUT2D eigenvalue weighted by atomic mass is 35.5. The molecule has 1 amide bonds. The van der Waals surface area contributed by atoms with Crippen molar-refractivity contribution in [2.45, 2.75) is 37.8 Å². The molecule has 262 valence electrons. The number of morpholine rings is 1. The molecule has 2 atom stereocenters. The predicted molar refractivity (Wildman–Crippen MR) is 166 cm³/mol. The second-order valence-corrected chi connectivity index (χ2v) is 11.7. The van der Waals surface area contributed by atoms with Crippen LogP contribution >= 0.6 is 11.6 Å². The number of hydrogen-bond donors (Lipinski definition) is 1. The number of anilines is 1. The topological polar surface area (TPSA) is 90.1 Å². The quantitative estimate of drug-likeness (QED) is 0.176. The number of carbonyl (C=O) groups is 1. The molecule has 5 rings (SSSR count). The number of halogens is 8. The van der Waals surface area contributed by atoms with E-state index < -0.39 is 70.0 Å². The van der Waals surface area contributed by atoms with Gasteiger partial charge < -0.3 is 28.7 Å². The summed E-state index contributed by atoms with van der Waals surface area (Å²) < 4.78 is 111. The standard InChI is InChI=1S/C32H29ClF7N5O4/c1-16-11-21(31(35,36)37)26(30(47)43(16)3)20-6-5-18(45-8-7-41-28(20)45)14-24(17(2)48-4)42-29(46)27-22(33)12-19(13-23(27)34)44-9-10-49-15-25(44)32(38,39)40/h5-8,11-13,24-25H,2,9-10,14-15H2,1,3-4H3,(H,42,46)/t24-,25+/m0/s1. The van der Waals surface area contributed by atoms with Crippen molar-refractivity contribution in [2.75, 3.05) is 31.8 Å². The Labute approximate surface area is 279 Å². The average molecular weight is 716 g/mol. The number of benzene rings is 1. The molecular weight excluding hydrogens is 687 g/mol. The van der Waals surface area contributed by atoms with Crippen molar-refractivity contribution in [1.82, 2.24) is 19.3 Å². The minimum absolute atomic E-state index is 0.00643. The van der Waals surface area contributed by atoms with Gasteiger partial charge in [-0.15, -0.1) is 0 Å². The SMILES string of the molecule is C=C(OC)[C@H](Cc1ccc(-c2c(C(F)(F)F)cc(C)n(C)c2=O)c2nccn12)NC(=O)c1c(F)cc(N2CCOC[C@@H]2C(F)(F)F)cc1Cl. The van der Waals surface area contributed by atoms with E-state index in [2.05, 4.69) is 16.9 Å². The van der Waals surface area contributed by atoms with Gasteiger partial charge in [0.25, 0.3) is 11.5 Å². The summed E-state index contributed by atoms with van der Waals surface area (Å²) in [5.41, 5.74) is -3.03. The van der Waals surface area contributed by atoms with Crippen molar-refractivity contribution in [3.63, 3.8) is 0 Å². The fraction of sp³-hybridized carbons (Fsp3) is 0.344. The van der Waals surface area contributed by atoms with E-state index in [1.54, 1.807) is 0 Å². The van der Waals surface area contributed by atoms with Crippen molar-refractivity contribution in [3.05, 3.63) is 98.8 Å². The van der Waals surface area contributed by atoms with Crippen LogP contribution in [0, 0.1) is 12.7 Å². The van der Waals surface area contributed by atoms with Crippen LogP contribution in [0.3, 0.4) is 0 Å². The molecule has 0 saturated carbocycles. The first-order valence-electron chi connectivity index (χ1n) is 14.6. The molecule has 1 aromatic carbocycles. The van der Waals surface area contributed by atoms with Gasteiger partial charge in [0, 0.05) is 55.0 Å². The third-order valence-electron chi connectivity index (χ3n) is 8.34. The number of alkyl halides is 6. The molecule has 1 saturated heterocycles. The first-order valence-corrected chi connectivity index (χ1v) is 15.0. The van der Waals surface area contributed by atoms with Crippen molar-refractivity contribution >= 4 is 28.8 Å². The Morgan fingerprint density at radius 1 is 1.20 bits per heavy atom. The molecule has 0 bridgehead atoms. The van der Waals surface area contributed by atoms with Gasteiger partial charge >= 0.3 is 12.4 Å². The lowest BCUT2D eigenvalue weighted by Crippen LogP contribution is -2.53. The van der Waals surface area contributed by atoms with Crippen molar-refractivity contribution in [2.24, 2.45) is 7.05 Å². The van der Waals surface area contributed by atoms with Gasteiger partial charge in [0.15, 0.2) is 0 Å². The minimum Gasteiger partial charge on any atom is -0.500 e. The second-order valence-electron chi connectivity index (χ2n) is 11.3. The number of carbonyl (C=O) groups excluding carboxylic acids is 1. The lowest BCUT2D eigenvalue weighted by Gasteiger charge is -2.38. The lowest BCUT2D eigenvalue weighted by atomic mass is 9.99. The smallest absolute Gasteiger partial charge is 0.417 e. The third-order valence-corrected chi connectivity index (χ3v) is 8.64. The molecular formula is C32H29ClF7N5O4. The second kappa shape index (κ2) is 13.4. The Hall–Kier alpha value is -4.57. The summed E-state index contributed by atoms with van der Waals surface area (Å²) >= 11 is 6.27. The largest absolute Gasteiger partial charge is 0.500 e. The highest BCUT2D eigenvalue weighted by molar-refractivity contribution is 6.34. The van der Waals surface area contributed by atoms with E-state index in [1.807, 2.05) is 0 Å². The number of imidazole rings is 1. The Morgan fingerprint density at radius 2 is 1.92 bits per heavy atom. The van der Waals surface area contributed by atoms with Crippen LogP contribution in [0.1, 0.15) is 27.3 Å². The van der Waals surface area contributed by atoms with Crippen molar-refractivity contribution < 1.29 is 45.0 Å². The van der Waals surface area contributed by atoms with Crippen LogP contribution in [-0.2, 0) is 29.1 Å². The number of amides is 1. The molecule has 49 heavy (non-hydrogen) atoms. The lowest BCUT2D eigenvalue weighted by molar-refractivity contribution is -0.167. The van der Waals surface area contributed by atoms with Crippen LogP contribution < -0.4 is 15.8 Å². The summed E-state index contributed by atoms with van der Waals surface area (Å²) in [5.74, 6) is -2.22. The number of nitrogens with one attached hydrogen (secondary N) is 1. The predicted octanol–water partition coefficient (Wildman–Crippen LogP) is 6.09. The number of ether oxygens (including phenoxy) is 2. The fourth-order valence-corrected chi connectivity index (χ4v) is 5.98. The van der Waals surface area contributed by atoms with Gasteiger partial charge in [-0.25, -0.2) is 9.37 Å². The molecule has 4 aromatic rings. The van der Waals surface area contributed by atoms with Crippen LogP contribution in [0.5, 0.6) is 0 Å².